The number of nitriles is 1. The quantitative estimate of drug-likeness (QED) is 0.148. The van der Waals surface area contributed by atoms with Gasteiger partial charge in [-0.05, 0) is 39.8 Å². The highest BCUT2D eigenvalue weighted by molar-refractivity contribution is 7.44. The number of H-pyrrole nitrogens is 1. The van der Waals surface area contributed by atoms with Gasteiger partial charge in [0, 0.05) is 31.5 Å². The number of ether oxygens (including phenoxy) is 3. The average Bonchev–Trinajstić information content (AvgIpc) is 2.94. The van der Waals surface area contributed by atoms with Crippen LogP contribution in [0.3, 0.4) is 0 Å². The molecule has 14 heteroatoms. The molecule has 1 heterocycles. The van der Waals surface area contributed by atoms with Gasteiger partial charge in [0.1, 0.15) is 12.2 Å². The van der Waals surface area contributed by atoms with E-state index in [1.165, 1.54) is 13.3 Å². The summed E-state index contributed by atoms with van der Waals surface area (Å²) in [4.78, 5) is 39.2. The maximum atomic E-state index is 12.7. The maximum absolute atomic E-state index is 12.7. The summed E-state index contributed by atoms with van der Waals surface area (Å²) in [6.07, 6.45) is 0.0837. The minimum atomic E-state index is -1.70. The van der Waals surface area contributed by atoms with Crippen molar-refractivity contribution in [1.29, 1.82) is 5.26 Å². The normalized spacial score (nSPS) is 14.5. The average molecular weight is 595 g/mol. The Kier molecular flexibility index (Phi) is 14.3. The van der Waals surface area contributed by atoms with E-state index < -0.39 is 50.8 Å². The van der Waals surface area contributed by atoms with Crippen molar-refractivity contribution in [2.75, 3.05) is 40.1 Å². The van der Waals surface area contributed by atoms with Crippen LogP contribution in [0.1, 0.15) is 50.7 Å². The molecule has 2 aromatic rings. The van der Waals surface area contributed by atoms with Crippen LogP contribution in [-0.2, 0) is 23.3 Å². The molecule has 0 saturated carbocycles. The number of aromatic amines is 1. The number of benzene rings is 1. The predicted molar refractivity (Wildman–Crippen MR) is 151 cm³/mol. The molecule has 1 unspecified atom stereocenters. The van der Waals surface area contributed by atoms with E-state index in [0.29, 0.717) is 0 Å². The Labute approximate surface area is 240 Å². The topological polar surface area (TPSA) is 165 Å². The number of rotatable bonds is 18. The highest BCUT2D eigenvalue weighted by atomic mass is 31.2. The Morgan fingerprint density at radius 3 is 2.37 bits per heavy atom. The third-order valence-corrected chi connectivity index (χ3v) is 7.76. The molecule has 3 atom stereocenters. The maximum Gasteiger partial charge on any atom is 0.338 e. The largest absolute Gasteiger partial charge is 0.457 e. The summed E-state index contributed by atoms with van der Waals surface area (Å²) in [7, 11) is -0.292. The molecule has 1 aromatic heterocycles. The summed E-state index contributed by atoms with van der Waals surface area (Å²) < 4.78 is 32.2. The second kappa shape index (κ2) is 17.1. The van der Waals surface area contributed by atoms with E-state index in [4.69, 9.17) is 28.5 Å². The monoisotopic (exact) mass is 594 g/mol. The van der Waals surface area contributed by atoms with Crippen molar-refractivity contribution >= 4 is 14.5 Å². The molecule has 0 fully saturated rings. The van der Waals surface area contributed by atoms with Crippen LogP contribution >= 0.6 is 8.53 Å². The van der Waals surface area contributed by atoms with E-state index >= 15 is 0 Å². The molecule has 0 bridgehead atoms. The number of carbonyl (C=O) groups excluding carboxylic acids is 1. The van der Waals surface area contributed by atoms with Gasteiger partial charge in [-0.15, -0.1) is 0 Å². The van der Waals surface area contributed by atoms with Gasteiger partial charge in [-0.2, -0.15) is 5.26 Å². The van der Waals surface area contributed by atoms with E-state index in [9.17, 15) is 19.5 Å². The summed E-state index contributed by atoms with van der Waals surface area (Å²) in [5, 5.41) is 19.5. The van der Waals surface area contributed by atoms with Crippen molar-refractivity contribution in [1.82, 2.24) is 14.2 Å². The summed E-state index contributed by atoms with van der Waals surface area (Å²) in [5.74, 6) is -0.659. The zero-order chi connectivity index (χ0) is 30.4. The van der Waals surface area contributed by atoms with Gasteiger partial charge in [0.05, 0.1) is 44.5 Å². The lowest BCUT2D eigenvalue weighted by atomic mass is 10.1. The lowest BCUT2D eigenvalue weighted by molar-refractivity contribution is -0.196. The molecule has 13 nitrogen and oxygen atoms in total. The molecule has 0 radical (unpaired) electrons. The first-order valence-corrected chi connectivity index (χ1v) is 14.2. The number of nitrogens with one attached hydrogen (secondary N) is 1. The second-order valence-electron chi connectivity index (χ2n) is 9.65. The Morgan fingerprint density at radius 2 is 1.80 bits per heavy atom. The molecule has 0 aliphatic heterocycles. The van der Waals surface area contributed by atoms with Crippen molar-refractivity contribution < 1.29 is 33.2 Å². The molecular formula is C27H39N4O9P. The van der Waals surface area contributed by atoms with Crippen LogP contribution in [0.2, 0.25) is 0 Å². The van der Waals surface area contributed by atoms with Crippen LogP contribution in [0, 0.1) is 11.3 Å². The van der Waals surface area contributed by atoms with Crippen molar-refractivity contribution in [2.45, 2.75) is 58.0 Å². The number of aliphatic hydroxyl groups excluding tert-OH is 1. The second-order valence-corrected chi connectivity index (χ2v) is 11.1. The van der Waals surface area contributed by atoms with Crippen molar-refractivity contribution in [3.8, 4) is 6.07 Å². The fourth-order valence-corrected chi connectivity index (χ4v) is 5.59. The van der Waals surface area contributed by atoms with Crippen molar-refractivity contribution in [3.05, 3.63) is 69.0 Å². The molecule has 2 rings (SSSR count). The molecule has 0 saturated heterocycles. The van der Waals surface area contributed by atoms with Gasteiger partial charge in [0.2, 0.25) is 0 Å². The number of nitrogens with zero attached hydrogens (tertiary/aromatic N) is 3. The van der Waals surface area contributed by atoms with E-state index in [0.717, 1.165) is 10.6 Å². The summed E-state index contributed by atoms with van der Waals surface area (Å²) in [6, 6.07) is 11.5. The van der Waals surface area contributed by atoms with E-state index in [1.807, 2.05) is 38.4 Å². The van der Waals surface area contributed by atoms with Gasteiger partial charge in [-0.25, -0.2) is 14.3 Å². The minimum Gasteiger partial charge on any atom is -0.457 e. The molecule has 41 heavy (non-hydrogen) atoms. The molecule has 0 aliphatic carbocycles. The Balaban J connectivity index is 2.38. The van der Waals surface area contributed by atoms with E-state index in [1.54, 1.807) is 30.3 Å². The van der Waals surface area contributed by atoms with Gasteiger partial charge in [0.15, 0.2) is 6.23 Å². The van der Waals surface area contributed by atoms with Gasteiger partial charge in [-0.3, -0.25) is 14.3 Å². The number of hydrogen-bond donors (Lipinski definition) is 2. The van der Waals surface area contributed by atoms with Crippen LogP contribution in [0.15, 0.2) is 52.2 Å². The zero-order valence-electron chi connectivity index (χ0n) is 24.0. The standard InChI is InChI=1S/C27H39N4O9P/c1-20(2)31(21(3)4)41(38-15-9-13-28)39-19-27(17-32,18-36-5)40-24(30-14-12-23(33)29-26(30)35)16-37-25(34)22-10-7-6-8-11-22/h6-8,10-12,14,20-21,24,32H,9,15-19H2,1-5H3,(H,29,33,35)/t24-,27-,41?/m1/s1. The fourth-order valence-electron chi connectivity index (χ4n) is 3.91. The third-order valence-electron chi connectivity index (χ3n) is 5.71. The van der Waals surface area contributed by atoms with Crippen LogP contribution in [0.4, 0.5) is 0 Å². The number of carbonyl (C=O) groups is 1. The fraction of sp³-hybridized carbons (Fsp3) is 0.556. The number of methoxy groups -OCH3 is 1. The van der Waals surface area contributed by atoms with Gasteiger partial charge in [-0.1, -0.05) is 18.2 Å². The lowest BCUT2D eigenvalue weighted by Crippen LogP contribution is -2.50. The molecular weight excluding hydrogens is 555 g/mol. The summed E-state index contributed by atoms with van der Waals surface area (Å²) in [6.45, 7) is 6.61. The summed E-state index contributed by atoms with van der Waals surface area (Å²) >= 11 is 0. The van der Waals surface area contributed by atoms with Crippen LogP contribution in [-0.4, -0.2) is 83.1 Å². The highest BCUT2D eigenvalue weighted by Gasteiger charge is 2.39. The number of aromatic nitrogens is 2. The Hall–Kier alpha value is -2.95. The first-order chi connectivity index (χ1) is 19.6. The van der Waals surface area contributed by atoms with Crippen LogP contribution in [0.25, 0.3) is 0 Å². The first kappa shape index (κ1) is 34.3. The van der Waals surface area contributed by atoms with Gasteiger partial charge in [0.25, 0.3) is 14.1 Å². The molecule has 0 aliphatic rings. The van der Waals surface area contributed by atoms with Crippen LogP contribution in [0.5, 0.6) is 0 Å². The highest BCUT2D eigenvalue weighted by Crippen LogP contribution is 2.47. The van der Waals surface area contributed by atoms with Crippen molar-refractivity contribution in [2.24, 2.45) is 0 Å². The minimum absolute atomic E-state index is 0.0277. The smallest absolute Gasteiger partial charge is 0.338 e. The third kappa shape index (κ3) is 10.4. The molecule has 0 amide bonds. The number of aliphatic hydroxyl groups is 1. The Morgan fingerprint density at radius 1 is 1.12 bits per heavy atom. The van der Waals surface area contributed by atoms with E-state index in [2.05, 4.69) is 4.98 Å². The molecule has 2 N–H and O–H groups in total. The first-order valence-electron chi connectivity index (χ1n) is 13.1. The van der Waals surface area contributed by atoms with E-state index in [-0.39, 0.29) is 43.9 Å². The Bertz CT molecular complexity index is 1220. The molecule has 226 valence electrons. The zero-order valence-corrected chi connectivity index (χ0v) is 24.9. The molecule has 1 aromatic carbocycles. The SMILES string of the molecule is COC[C@](CO)(COP(OCCC#N)N(C(C)C)C(C)C)O[C@H](COC(=O)c1ccccc1)n1ccc(=O)[nH]c1=O. The number of hydrogen-bond acceptors (Lipinski definition) is 11. The number of esters is 1. The lowest BCUT2D eigenvalue weighted by Gasteiger charge is -2.39. The van der Waals surface area contributed by atoms with Crippen LogP contribution < -0.4 is 11.2 Å². The van der Waals surface area contributed by atoms with Gasteiger partial charge >= 0.3 is 11.7 Å². The van der Waals surface area contributed by atoms with Gasteiger partial charge < -0.3 is 28.4 Å². The molecule has 0 spiro atoms. The van der Waals surface area contributed by atoms with Crippen molar-refractivity contribution in [3.63, 3.8) is 0 Å². The summed E-state index contributed by atoms with van der Waals surface area (Å²) in [5.41, 5.74) is -2.69. The predicted octanol–water partition coefficient (Wildman–Crippen LogP) is 2.58.